The van der Waals surface area contributed by atoms with Gasteiger partial charge in [-0.05, 0) is 16.8 Å². The topological polar surface area (TPSA) is 69.6 Å². The lowest BCUT2D eigenvalue weighted by Gasteiger charge is -2.01. The SMILES string of the molecule is CCCCn1nnnc1CSc1nc(-c2ccccc2)c(-c2ccccc2)o1. The van der Waals surface area contributed by atoms with Gasteiger partial charge in [0.2, 0.25) is 0 Å². The molecule has 0 unspecified atom stereocenters. The summed E-state index contributed by atoms with van der Waals surface area (Å²) in [5, 5.41) is 12.6. The number of thioether (sulfide) groups is 1. The molecular formula is C21H21N5OS. The van der Waals surface area contributed by atoms with E-state index >= 15 is 0 Å². The molecule has 2 aromatic heterocycles. The van der Waals surface area contributed by atoms with Crippen LogP contribution in [0.3, 0.4) is 0 Å². The average Bonchev–Trinajstić information content (AvgIpc) is 3.39. The Kier molecular flexibility index (Phi) is 5.82. The van der Waals surface area contributed by atoms with Crippen LogP contribution in [0.25, 0.3) is 22.6 Å². The van der Waals surface area contributed by atoms with Gasteiger partial charge in [0.25, 0.3) is 5.22 Å². The van der Waals surface area contributed by atoms with Crippen molar-refractivity contribution in [1.29, 1.82) is 0 Å². The fraction of sp³-hybridized carbons (Fsp3) is 0.238. The van der Waals surface area contributed by atoms with Gasteiger partial charge in [-0.2, -0.15) is 0 Å². The van der Waals surface area contributed by atoms with Crippen LogP contribution >= 0.6 is 11.8 Å². The molecule has 4 rings (SSSR count). The number of tetrazole rings is 1. The molecule has 0 amide bonds. The molecule has 0 atom stereocenters. The van der Waals surface area contributed by atoms with Gasteiger partial charge in [-0.1, -0.05) is 85.8 Å². The second-order valence-corrected chi connectivity index (χ2v) is 7.28. The summed E-state index contributed by atoms with van der Waals surface area (Å²) in [5.74, 6) is 2.22. The highest BCUT2D eigenvalue weighted by atomic mass is 32.2. The molecular weight excluding hydrogens is 370 g/mol. The predicted molar refractivity (Wildman–Crippen MR) is 110 cm³/mol. The minimum Gasteiger partial charge on any atom is -0.431 e. The summed E-state index contributed by atoms with van der Waals surface area (Å²) in [6, 6.07) is 20.2. The Morgan fingerprint density at radius 1 is 0.964 bits per heavy atom. The molecule has 4 aromatic rings. The maximum atomic E-state index is 6.15. The molecule has 0 N–H and O–H groups in total. The lowest BCUT2D eigenvalue weighted by molar-refractivity contribution is 0.465. The van der Waals surface area contributed by atoms with Crippen LogP contribution in [0.2, 0.25) is 0 Å². The number of aromatic nitrogens is 5. The van der Waals surface area contributed by atoms with Gasteiger partial charge in [-0.15, -0.1) is 5.10 Å². The molecule has 0 fully saturated rings. The minimum absolute atomic E-state index is 0.611. The maximum absolute atomic E-state index is 6.15. The van der Waals surface area contributed by atoms with Gasteiger partial charge in [-0.3, -0.25) is 0 Å². The molecule has 0 spiro atoms. The van der Waals surface area contributed by atoms with E-state index in [2.05, 4.69) is 22.4 Å². The third-order valence-electron chi connectivity index (χ3n) is 4.35. The Morgan fingerprint density at radius 2 is 1.68 bits per heavy atom. The van der Waals surface area contributed by atoms with Crippen LogP contribution in [-0.2, 0) is 12.3 Å². The zero-order chi connectivity index (χ0) is 19.2. The molecule has 142 valence electrons. The summed E-state index contributed by atoms with van der Waals surface area (Å²) in [7, 11) is 0. The van der Waals surface area contributed by atoms with Crippen molar-refractivity contribution in [3.05, 3.63) is 66.5 Å². The zero-order valence-electron chi connectivity index (χ0n) is 15.7. The number of nitrogens with zero attached hydrogens (tertiary/aromatic N) is 5. The fourth-order valence-corrected chi connectivity index (χ4v) is 3.63. The summed E-state index contributed by atoms with van der Waals surface area (Å²) < 4.78 is 8.01. The van der Waals surface area contributed by atoms with Crippen LogP contribution in [-0.4, -0.2) is 25.2 Å². The fourth-order valence-electron chi connectivity index (χ4n) is 2.87. The van der Waals surface area contributed by atoms with Crippen LogP contribution in [0.15, 0.2) is 70.3 Å². The van der Waals surface area contributed by atoms with Crippen molar-refractivity contribution in [1.82, 2.24) is 25.2 Å². The molecule has 0 aliphatic rings. The zero-order valence-corrected chi connectivity index (χ0v) is 16.5. The first-order valence-corrected chi connectivity index (χ1v) is 10.3. The van der Waals surface area contributed by atoms with Gasteiger partial charge >= 0.3 is 0 Å². The smallest absolute Gasteiger partial charge is 0.257 e. The monoisotopic (exact) mass is 391 g/mol. The van der Waals surface area contributed by atoms with E-state index in [1.807, 2.05) is 65.3 Å². The number of benzene rings is 2. The van der Waals surface area contributed by atoms with E-state index in [0.29, 0.717) is 11.0 Å². The van der Waals surface area contributed by atoms with E-state index in [-0.39, 0.29) is 0 Å². The van der Waals surface area contributed by atoms with Crippen molar-refractivity contribution in [3.63, 3.8) is 0 Å². The summed E-state index contributed by atoms with van der Waals surface area (Å²) in [6.07, 6.45) is 2.16. The first-order chi connectivity index (χ1) is 13.8. The van der Waals surface area contributed by atoms with E-state index in [1.54, 1.807) is 0 Å². The minimum atomic E-state index is 0.611. The summed E-state index contributed by atoms with van der Waals surface area (Å²) >= 11 is 1.51. The van der Waals surface area contributed by atoms with E-state index in [1.165, 1.54) is 11.8 Å². The summed E-state index contributed by atoms with van der Waals surface area (Å²) in [4.78, 5) is 4.77. The molecule has 0 saturated heterocycles. The van der Waals surface area contributed by atoms with Crippen LogP contribution in [0, 0.1) is 0 Å². The maximum Gasteiger partial charge on any atom is 0.257 e. The Hall–Kier alpha value is -2.93. The number of hydrogen-bond acceptors (Lipinski definition) is 6. The van der Waals surface area contributed by atoms with Gasteiger partial charge in [0, 0.05) is 17.7 Å². The highest BCUT2D eigenvalue weighted by Crippen LogP contribution is 2.36. The van der Waals surface area contributed by atoms with E-state index in [9.17, 15) is 0 Å². The van der Waals surface area contributed by atoms with Crippen LogP contribution < -0.4 is 0 Å². The largest absolute Gasteiger partial charge is 0.431 e. The first kappa shape index (κ1) is 18.4. The Morgan fingerprint density at radius 3 is 2.39 bits per heavy atom. The third-order valence-corrected chi connectivity index (χ3v) is 5.17. The van der Waals surface area contributed by atoms with E-state index in [4.69, 9.17) is 9.40 Å². The molecule has 0 aliphatic carbocycles. The van der Waals surface area contributed by atoms with Crippen LogP contribution in [0.1, 0.15) is 25.6 Å². The van der Waals surface area contributed by atoms with Crippen molar-refractivity contribution in [3.8, 4) is 22.6 Å². The molecule has 0 saturated carbocycles. The molecule has 0 bridgehead atoms. The Bertz CT molecular complexity index is 957. The quantitative estimate of drug-likeness (QED) is 0.390. The van der Waals surface area contributed by atoms with Crippen molar-refractivity contribution in [2.24, 2.45) is 0 Å². The lowest BCUT2D eigenvalue weighted by atomic mass is 10.1. The van der Waals surface area contributed by atoms with E-state index < -0.39 is 0 Å². The van der Waals surface area contributed by atoms with Gasteiger partial charge < -0.3 is 4.42 Å². The molecule has 6 nitrogen and oxygen atoms in total. The molecule has 7 heteroatoms. The first-order valence-electron chi connectivity index (χ1n) is 9.34. The van der Waals surface area contributed by atoms with Crippen molar-refractivity contribution in [2.45, 2.75) is 37.3 Å². The lowest BCUT2D eigenvalue weighted by Crippen LogP contribution is -2.04. The standard InChI is InChI=1S/C21H21N5OS/c1-2-3-14-26-18(23-24-25-26)15-28-21-22-19(16-10-6-4-7-11-16)20(27-21)17-12-8-5-9-13-17/h4-13H,2-3,14-15H2,1H3. The summed E-state index contributed by atoms with van der Waals surface area (Å²) in [6.45, 7) is 2.98. The molecule has 2 aromatic carbocycles. The van der Waals surface area contributed by atoms with Crippen molar-refractivity contribution < 1.29 is 4.42 Å². The van der Waals surface area contributed by atoms with Crippen molar-refractivity contribution in [2.75, 3.05) is 0 Å². The number of oxazole rings is 1. The molecule has 0 aliphatic heterocycles. The third kappa shape index (κ3) is 4.14. The molecule has 28 heavy (non-hydrogen) atoms. The van der Waals surface area contributed by atoms with Gasteiger partial charge in [-0.25, -0.2) is 9.67 Å². The average molecular weight is 392 g/mol. The van der Waals surface area contributed by atoms with E-state index in [0.717, 1.165) is 47.8 Å². The van der Waals surface area contributed by atoms with Gasteiger partial charge in [0.05, 0.1) is 5.75 Å². The van der Waals surface area contributed by atoms with Gasteiger partial charge in [0.15, 0.2) is 11.6 Å². The van der Waals surface area contributed by atoms with Gasteiger partial charge in [0.1, 0.15) is 5.69 Å². The summed E-state index contributed by atoms with van der Waals surface area (Å²) in [5.41, 5.74) is 2.89. The van der Waals surface area contributed by atoms with Crippen LogP contribution in [0.4, 0.5) is 0 Å². The Labute approximate surface area is 168 Å². The number of unbranched alkanes of at least 4 members (excludes halogenated alkanes) is 1. The van der Waals surface area contributed by atoms with Crippen molar-refractivity contribution >= 4 is 11.8 Å². The number of aryl methyl sites for hydroxylation is 1. The Balaban J connectivity index is 1.60. The molecule has 0 radical (unpaired) electrons. The second-order valence-electron chi connectivity index (χ2n) is 6.35. The highest BCUT2D eigenvalue weighted by molar-refractivity contribution is 7.98. The van der Waals surface area contributed by atoms with Crippen LogP contribution in [0.5, 0.6) is 0 Å². The highest BCUT2D eigenvalue weighted by Gasteiger charge is 2.18. The predicted octanol–water partition coefficient (Wildman–Crippen LogP) is 5.09. The normalized spacial score (nSPS) is 11.0. The number of hydrogen-bond donors (Lipinski definition) is 0. The number of rotatable bonds is 8. The molecule has 2 heterocycles. The second kappa shape index (κ2) is 8.84.